The lowest BCUT2D eigenvalue weighted by Crippen LogP contribution is -2.21. The number of carbonyl (C=O) groups excluding carboxylic acids is 2. The number of halogens is 1. The predicted molar refractivity (Wildman–Crippen MR) is 107 cm³/mol. The minimum absolute atomic E-state index is 0.146. The number of esters is 1. The van der Waals surface area contributed by atoms with E-state index in [0.717, 1.165) is 37.7 Å². The Bertz CT molecular complexity index is 816. The van der Waals surface area contributed by atoms with Crippen molar-refractivity contribution >= 4 is 39.8 Å². The summed E-state index contributed by atoms with van der Waals surface area (Å²) in [5.74, 6) is -0.125. The number of rotatable bonds is 6. The number of carbonyl (C=O) groups is 2. The molecule has 1 amide bonds. The van der Waals surface area contributed by atoms with Crippen molar-refractivity contribution in [1.29, 1.82) is 0 Å². The monoisotopic (exact) mass is 407 g/mol. The number of hydrogen-bond donors (Lipinski definition) is 1. The van der Waals surface area contributed by atoms with Crippen LogP contribution in [0, 0.1) is 0 Å². The van der Waals surface area contributed by atoms with Crippen LogP contribution < -0.4 is 10.1 Å². The number of aryl methyl sites for hydroxylation is 1. The lowest BCUT2D eigenvalue weighted by molar-refractivity contribution is -0.118. The molecule has 3 rings (SSSR count). The molecule has 0 saturated carbocycles. The highest BCUT2D eigenvalue weighted by Crippen LogP contribution is 2.38. The van der Waals surface area contributed by atoms with Crippen LogP contribution in [0.3, 0.4) is 0 Å². The zero-order chi connectivity index (χ0) is 19.2. The second-order valence-corrected chi connectivity index (χ2v) is 7.82. The van der Waals surface area contributed by atoms with E-state index in [1.54, 1.807) is 31.2 Å². The van der Waals surface area contributed by atoms with Gasteiger partial charge in [-0.2, -0.15) is 0 Å². The molecule has 0 atom stereocenters. The molecule has 0 aliphatic heterocycles. The maximum absolute atomic E-state index is 12.5. The third-order valence-electron chi connectivity index (χ3n) is 4.34. The fourth-order valence-electron chi connectivity index (χ4n) is 3.09. The Kier molecular flexibility index (Phi) is 6.74. The van der Waals surface area contributed by atoms with Crippen molar-refractivity contribution in [2.75, 3.05) is 18.5 Å². The molecule has 1 N–H and O–H groups in total. The summed E-state index contributed by atoms with van der Waals surface area (Å²) in [6.07, 6.45) is 5.08. The smallest absolute Gasteiger partial charge is 0.341 e. The average molecular weight is 408 g/mol. The highest BCUT2D eigenvalue weighted by atomic mass is 35.5. The van der Waals surface area contributed by atoms with E-state index in [1.165, 1.54) is 16.2 Å². The van der Waals surface area contributed by atoms with Gasteiger partial charge in [0.25, 0.3) is 5.91 Å². The Labute approximate surface area is 167 Å². The summed E-state index contributed by atoms with van der Waals surface area (Å²) in [5.41, 5.74) is 1.54. The van der Waals surface area contributed by atoms with Gasteiger partial charge in [-0.3, -0.25) is 4.79 Å². The van der Waals surface area contributed by atoms with Gasteiger partial charge in [-0.15, -0.1) is 11.3 Å². The zero-order valence-electron chi connectivity index (χ0n) is 15.2. The van der Waals surface area contributed by atoms with Crippen LogP contribution in [0.4, 0.5) is 5.00 Å². The van der Waals surface area contributed by atoms with Gasteiger partial charge in [0.1, 0.15) is 10.8 Å². The molecule has 0 fully saturated rings. The van der Waals surface area contributed by atoms with Crippen LogP contribution in [0.2, 0.25) is 5.02 Å². The van der Waals surface area contributed by atoms with Gasteiger partial charge in [0.05, 0.1) is 12.2 Å². The van der Waals surface area contributed by atoms with Crippen LogP contribution in [-0.2, 0) is 22.4 Å². The molecule has 1 aromatic heterocycles. The van der Waals surface area contributed by atoms with E-state index in [1.807, 2.05) is 0 Å². The van der Waals surface area contributed by atoms with E-state index < -0.39 is 0 Å². The third kappa shape index (κ3) is 5.02. The van der Waals surface area contributed by atoms with Gasteiger partial charge in [0.2, 0.25) is 0 Å². The van der Waals surface area contributed by atoms with E-state index in [4.69, 9.17) is 21.1 Å². The van der Waals surface area contributed by atoms with Crippen LogP contribution in [0.1, 0.15) is 47.0 Å². The number of amides is 1. The SMILES string of the molecule is CCOC(=O)c1c(NC(=O)COc2ccc(Cl)cc2)sc2c1CCCCC2. The molecule has 27 heavy (non-hydrogen) atoms. The van der Waals surface area contributed by atoms with Gasteiger partial charge in [-0.05, 0) is 62.4 Å². The van der Waals surface area contributed by atoms with Gasteiger partial charge < -0.3 is 14.8 Å². The number of nitrogens with one attached hydrogen (secondary N) is 1. The lowest BCUT2D eigenvalue weighted by atomic mass is 10.1. The third-order valence-corrected chi connectivity index (χ3v) is 5.80. The summed E-state index contributed by atoms with van der Waals surface area (Å²) >= 11 is 7.31. The van der Waals surface area contributed by atoms with Gasteiger partial charge >= 0.3 is 5.97 Å². The van der Waals surface area contributed by atoms with Crippen LogP contribution in [0.5, 0.6) is 5.75 Å². The topological polar surface area (TPSA) is 64.6 Å². The van der Waals surface area contributed by atoms with E-state index in [2.05, 4.69) is 5.32 Å². The highest BCUT2D eigenvalue weighted by Gasteiger charge is 2.26. The molecule has 1 aliphatic carbocycles. The van der Waals surface area contributed by atoms with E-state index in [-0.39, 0.29) is 18.5 Å². The number of anilines is 1. The zero-order valence-corrected chi connectivity index (χ0v) is 16.8. The van der Waals surface area contributed by atoms with Crippen molar-refractivity contribution in [1.82, 2.24) is 0 Å². The van der Waals surface area contributed by atoms with Crippen molar-refractivity contribution < 1.29 is 19.1 Å². The van der Waals surface area contributed by atoms with Crippen molar-refractivity contribution in [2.24, 2.45) is 0 Å². The quantitative estimate of drug-likeness (QED) is 0.548. The van der Waals surface area contributed by atoms with Gasteiger partial charge in [0.15, 0.2) is 6.61 Å². The van der Waals surface area contributed by atoms with Crippen molar-refractivity contribution in [3.63, 3.8) is 0 Å². The Morgan fingerprint density at radius 3 is 2.63 bits per heavy atom. The van der Waals surface area contributed by atoms with Crippen LogP contribution >= 0.6 is 22.9 Å². The fraction of sp³-hybridized carbons (Fsp3) is 0.400. The Morgan fingerprint density at radius 2 is 1.89 bits per heavy atom. The minimum Gasteiger partial charge on any atom is -0.484 e. The molecule has 0 radical (unpaired) electrons. The number of ether oxygens (including phenoxy) is 2. The molecule has 1 aliphatic rings. The summed E-state index contributed by atoms with van der Waals surface area (Å²) in [6.45, 7) is 1.93. The first kappa shape index (κ1) is 19.7. The molecule has 144 valence electrons. The average Bonchev–Trinajstić information content (AvgIpc) is 2.82. The maximum atomic E-state index is 12.5. The summed E-state index contributed by atoms with van der Waals surface area (Å²) in [4.78, 5) is 26.0. The summed E-state index contributed by atoms with van der Waals surface area (Å²) in [7, 11) is 0. The summed E-state index contributed by atoms with van der Waals surface area (Å²) in [5, 5.41) is 4.00. The molecule has 0 spiro atoms. The van der Waals surface area contributed by atoms with Crippen LogP contribution in [-0.4, -0.2) is 25.1 Å². The van der Waals surface area contributed by atoms with Gasteiger partial charge in [-0.25, -0.2) is 4.79 Å². The van der Waals surface area contributed by atoms with Crippen molar-refractivity contribution in [3.05, 3.63) is 45.3 Å². The molecule has 1 aromatic carbocycles. The number of benzene rings is 1. The second-order valence-electron chi connectivity index (χ2n) is 6.28. The number of hydrogen-bond acceptors (Lipinski definition) is 5. The molecule has 0 saturated heterocycles. The molecule has 0 bridgehead atoms. The molecule has 7 heteroatoms. The first-order valence-corrected chi connectivity index (χ1v) is 10.3. The Hall–Kier alpha value is -2.05. The normalized spacial score (nSPS) is 13.4. The molecule has 5 nitrogen and oxygen atoms in total. The van der Waals surface area contributed by atoms with Gasteiger partial charge in [-0.1, -0.05) is 18.0 Å². The van der Waals surface area contributed by atoms with Crippen LogP contribution in [0.15, 0.2) is 24.3 Å². The molecular weight excluding hydrogens is 386 g/mol. The van der Waals surface area contributed by atoms with E-state index >= 15 is 0 Å². The highest BCUT2D eigenvalue weighted by molar-refractivity contribution is 7.17. The predicted octanol–water partition coefficient (Wildman–Crippen LogP) is 4.86. The standard InChI is InChI=1S/C20H22ClNO4S/c1-2-25-20(24)18-15-6-4-3-5-7-16(15)27-19(18)22-17(23)12-26-14-10-8-13(21)9-11-14/h8-11H,2-7,12H2,1H3,(H,22,23). The molecule has 2 aromatic rings. The van der Waals surface area contributed by atoms with Crippen molar-refractivity contribution in [2.45, 2.75) is 39.0 Å². The molecule has 1 heterocycles. The lowest BCUT2D eigenvalue weighted by Gasteiger charge is -2.09. The first-order valence-electron chi connectivity index (χ1n) is 9.08. The Balaban J connectivity index is 1.73. The summed E-state index contributed by atoms with van der Waals surface area (Å²) in [6, 6.07) is 6.80. The molecule has 0 unspecified atom stereocenters. The first-order chi connectivity index (χ1) is 13.1. The second kappa shape index (κ2) is 9.24. The number of thiophene rings is 1. The Morgan fingerprint density at radius 1 is 1.15 bits per heavy atom. The maximum Gasteiger partial charge on any atom is 0.341 e. The fourth-order valence-corrected chi connectivity index (χ4v) is 4.51. The van der Waals surface area contributed by atoms with Crippen LogP contribution in [0.25, 0.3) is 0 Å². The minimum atomic E-state index is -0.370. The molecular formula is C20H22ClNO4S. The van der Waals surface area contributed by atoms with E-state index in [0.29, 0.717) is 27.9 Å². The summed E-state index contributed by atoms with van der Waals surface area (Å²) < 4.78 is 10.7. The van der Waals surface area contributed by atoms with E-state index in [9.17, 15) is 9.59 Å². The van der Waals surface area contributed by atoms with Gasteiger partial charge in [0, 0.05) is 9.90 Å². The van der Waals surface area contributed by atoms with Crippen molar-refractivity contribution in [3.8, 4) is 5.75 Å². The number of fused-ring (bicyclic) bond motifs is 1. The largest absolute Gasteiger partial charge is 0.484 e.